The van der Waals surface area contributed by atoms with Crippen LogP contribution in [0.3, 0.4) is 0 Å². The molecule has 0 bridgehead atoms. The molecular weight excluding hydrogens is 429 g/mol. The van der Waals surface area contributed by atoms with Gasteiger partial charge in [0.05, 0.1) is 10.7 Å². The van der Waals surface area contributed by atoms with Crippen LogP contribution in [0.25, 0.3) is 0 Å². The Balaban J connectivity index is 1.92. The zero-order valence-corrected chi connectivity index (χ0v) is 18.4. The minimum atomic E-state index is -0.304. The SMILES string of the molecule is CC1(C)CC(=O)C2=C(C1)N(c1ccc(Cl)cc1Cl)C(=O)CC2c1cccc(Cl)c1. The number of amides is 1. The molecule has 1 amide bonds. The van der Waals surface area contributed by atoms with Crippen LogP contribution in [0.5, 0.6) is 0 Å². The molecule has 1 unspecified atom stereocenters. The van der Waals surface area contributed by atoms with Crippen LogP contribution in [0.2, 0.25) is 15.1 Å². The highest BCUT2D eigenvalue weighted by atomic mass is 35.5. The number of hydrogen-bond acceptors (Lipinski definition) is 2. The minimum absolute atomic E-state index is 0.0730. The van der Waals surface area contributed by atoms with Gasteiger partial charge in [-0.05, 0) is 47.7 Å². The molecule has 2 aromatic carbocycles. The first kappa shape index (κ1) is 20.5. The summed E-state index contributed by atoms with van der Waals surface area (Å²) in [7, 11) is 0. The summed E-state index contributed by atoms with van der Waals surface area (Å²) in [6.45, 7) is 4.09. The lowest BCUT2D eigenvalue weighted by molar-refractivity contribution is -0.121. The summed E-state index contributed by atoms with van der Waals surface area (Å²) in [6.07, 6.45) is 1.24. The lowest BCUT2D eigenvalue weighted by Gasteiger charge is -2.43. The third-order valence-electron chi connectivity index (χ3n) is 5.54. The molecule has 1 aliphatic carbocycles. The van der Waals surface area contributed by atoms with Crippen LogP contribution in [0.1, 0.15) is 44.6 Å². The summed E-state index contributed by atoms with van der Waals surface area (Å²) < 4.78 is 0. The van der Waals surface area contributed by atoms with Crippen LogP contribution in [-0.2, 0) is 9.59 Å². The van der Waals surface area contributed by atoms with Crippen molar-refractivity contribution in [3.63, 3.8) is 0 Å². The molecule has 4 rings (SSSR count). The molecule has 0 radical (unpaired) electrons. The summed E-state index contributed by atoms with van der Waals surface area (Å²) >= 11 is 18.7. The number of carbonyl (C=O) groups excluding carboxylic acids is 2. The Hall–Kier alpha value is -1.81. The summed E-state index contributed by atoms with van der Waals surface area (Å²) in [5.41, 5.74) is 2.62. The van der Waals surface area contributed by atoms with Crippen LogP contribution in [0, 0.1) is 5.41 Å². The molecule has 3 nitrogen and oxygen atoms in total. The average Bonchev–Trinajstić information content (AvgIpc) is 2.61. The molecule has 0 saturated carbocycles. The van der Waals surface area contributed by atoms with Gasteiger partial charge in [-0.25, -0.2) is 0 Å². The van der Waals surface area contributed by atoms with Gasteiger partial charge in [0.1, 0.15) is 0 Å². The van der Waals surface area contributed by atoms with Gasteiger partial charge in [0.2, 0.25) is 5.91 Å². The lowest BCUT2D eigenvalue weighted by atomic mass is 9.69. The van der Waals surface area contributed by atoms with Crippen molar-refractivity contribution in [2.24, 2.45) is 5.41 Å². The zero-order valence-electron chi connectivity index (χ0n) is 16.1. The third kappa shape index (κ3) is 3.84. The highest BCUT2D eigenvalue weighted by Gasteiger charge is 2.44. The van der Waals surface area contributed by atoms with E-state index >= 15 is 0 Å². The number of ketones is 1. The lowest BCUT2D eigenvalue weighted by Crippen LogP contribution is -2.43. The monoisotopic (exact) mass is 447 g/mol. The molecule has 0 spiro atoms. The number of hydrogen-bond donors (Lipinski definition) is 0. The number of nitrogens with zero attached hydrogens (tertiary/aromatic N) is 1. The second kappa shape index (κ2) is 7.46. The van der Waals surface area contributed by atoms with Gasteiger partial charge in [-0.2, -0.15) is 0 Å². The molecule has 2 aliphatic rings. The molecular formula is C23H20Cl3NO2. The van der Waals surface area contributed by atoms with Crippen molar-refractivity contribution >= 4 is 52.2 Å². The molecule has 1 aliphatic heterocycles. The van der Waals surface area contributed by atoms with Crippen LogP contribution >= 0.6 is 34.8 Å². The number of Topliss-reactive ketones (excluding diaryl/α,β-unsaturated/α-hetero) is 1. The zero-order chi connectivity index (χ0) is 20.9. The summed E-state index contributed by atoms with van der Waals surface area (Å²) in [6, 6.07) is 12.5. The van der Waals surface area contributed by atoms with Crippen LogP contribution in [0.4, 0.5) is 5.69 Å². The molecule has 1 atom stereocenters. The fourth-order valence-corrected chi connectivity index (χ4v) is 5.06. The second-order valence-electron chi connectivity index (χ2n) is 8.44. The summed E-state index contributed by atoms with van der Waals surface area (Å²) in [5.74, 6) is -0.325. The van der Waals surface area contributed by atoms with Crippen LogP contribution < -0.4 is 4.90 Å². The average molecular weight is 449 g/mol. The van der Waals surface area contributed by atoms with E-state index in [0.717, 1.165) is 11.3 Å². The van der Waals surface area contributed by atoms with E-state index in [0.29, 0.717) is 39.2 Å². The van der Waals surface area contributed by atoms with Gasteiger partial charge < -0.3 is 0 Å². The standard InChI is InChI=1S/C23H20Cl3NO2/c1-23(2)11-19-22(20(28)12-23)16(13-4-3-5-14(24)8-13)10-21(29)27(19)18-7-6-15(25)9-17(18)26/h3-9,16H,10-12H2,1-2H3. The number of carbonyl (C=O) groups is 2. The maximum absolute atomic E-state index is 13.3. The van der Waals surface area contributed by atoms with Gasteiger partial charge in [-0.15, -0.1) is 0 Å². The first-order valence-corrected chi connectivity index (χ1v) is 10.6. The highest BCUT2D eigenvalue weighted by molar-refractivity contribution is 6.37. The number of benzene rings is 2. The van der Waals surface area contributed by atoms with E-state index in [2.05, 4.69) is 0 Å². The van der Waals surface area contributed by atoms with Crippen LogP contribution in [-0.4, -0.2) is 11.7 Å². The van der Waals surface area contributed by atoms with Crippen molar-refractivity contribution < 1.29 is 9.59 Å². The van der Waals surface area contributed by atoms with Crippen molar-refractivity contribution in [1.82, 2.24) is 0 Å². The Morgan fingerprint density at radius 1 is 0.966 bits per heavy atom. The molecule has 0 aromatic heterocycles. The number of anilines is 1. The van der Waals surface area contributed by atoms with Gasteiger partial charge in [0.15, 0.2) is 5.78 Å². The van der Waals surface area contributed by atoms with Crippen molar-refractivity contribution in [3.05, 3.63) is 74.4 Å². The van der Waals surface area contributed by atoms with Gasteiger partial charge in [-0.3, -0.25) is 14.5 Å². The smallest absolute Gasteiger partial charge is 0.232 e. The van der Waals surface area contributed by atoms with E-state index in [4.69, 9.17) is 34.8 Å². The Morgan fingerprint density at radius 3 is 2.38 bits per heavy atom. The van der Waals surface area contributed by atoms with E-state index in [1.165, 1.54) is 0 Å². The van der Waals surface area contributed by atoms with Crippen molar-refractivity contribution in [3.8, 4) is 0 Å². The van der Waals surface area contributed by atoms with Gasteiger partial charge in [-0.1, -0.05) is 60.8 Å². The first-order chi connectivity index (χ1) is 13.7. The van der Waals surface area contributed by atoms with Crippen LogP contribution in [0.15, 0.2) is 53.7 Å². The highest BCUT2D eigenvalue weighted by Crippen LogP contribution is 2.49. The fraction of sp³-hybridized carbons (Fsp3) is 0.304. The van der Waals surface area contributed by atoms with Gasteiger partial charge in [0, 0.05) is 40.1 Å². The molecule has 150 valence electrons. The van der Waals surface area contributed by atoms with E-state index in [-0.39, 0.29) is 29.4 Å². The maximum Gasteiger partial charge on any atom is 0.232 e. The third-order valence-corrected chi connectivity index (χ3v) is 6.32. The van der Waals surface area contributed by atoms with E-state index < -0.39 is 0 Å². The predicted octanol–water partition coefficient (Wildman–Crippen LogP) is 6.81. The van der Waals surface area contributed by atoms with Gasteiger partial charge in [0.25, 0.3) is 0 Å². The predicted molar refractivity (Wildman–Crippen MR) is 118 cm³/mol. The number of rotatable bonds is 2. The number of halogens is 3. The number of allylic oxidation sites excluding steroid dienone is 2. The molecule has 1 heterocycles. The summed E-state index contributed by atoms with van der Waals surface area (Å²) in [5, 5.41) is 1.47. The molecule has 0 saturated heterocycles. The Bertz CT molecular complexity index is 1060. The minimum Gasteiger partial charge on any atom is -0.294 e. The Kier molecular flexibility index (Phi) is 5.27. The fourth-order valence-electron chi connectivity index (χ4n) is 4.37. The van der Waals surface area contributed by atoms with E-state index in [9.17, 15) is 9.59 Å². The summed E-state index contributed by atoms with van der Waals surface area (Å²) in [4.78, 5) is 28.2. The van der Waals surface area contributed by atoms with Crippen molar-refractivity contribution in [1.29, 1.82) is 0 Å². The Morgan fingerprint density at radius 2 is 1.69 bits per heavy atom. The van der Waals surface area contributed by atoms with E-state index in [1.54, 1.807) is 29.2 Å². The normalized spacial score (nSPS) is 21.4. The van der Waals surface area contributed by atoms with Crippen molar-refractivity contribution in [2.75, 3.05) is 4.90 Å². The topological polar surface area (TPSA) is 37.4 Å². The molecule has 0 fully saturated rings. The van der Waals surface area contributed by atoms with Gasteiger partial charge >= 0.3 is 0 Å². The Labute approximate surface area is 185 Å². The van der Waals surface area contributed by atoms with Crippen molar-refractivity contribution in [2.45, 2.75) is 39.0 Å². The second-order valence-corrected chi connectivity index (χ2v) is 9.72. The maximum atomic E-state index is 13.3. The quantitative estimate of drug-likeness (QED) is 0.506. The molecule has 6 heteroatoms. The molecule has 29 heavy (non-hydrogen) atoms. The molecule has 0 N–H and O–H groups in total. The van der Waals surface area contributed by atoms with E-state index in [1.807, 2.05) is 32.0 Å². The first-order valence-electron chi connectivity index (χ1n) is 9.46. The molecule has 2 aromatic rings. The largest absolute Gasteiger partial charge is 0.294 e.